The summed E-state index contributed by atoms with van der Waals surface area (Å²) >= 11 is 0. The number of ether oxygens (including phenoxy) is 1. The van der Waals surface area contributed by atoms with E-state index in [2.05, 4.69) is 14.7 Å². The summed E-state index contributed by atoms with van der Waals surface area (Å²) in [6.45, 7) is 0. The molecule has 0 saturated carbocycles. The number of hydrogen-bond acceptors (Lipinski definition) is 5. The van der Waals surface area contributed by atoms with E-state index >= 15 is 0 Å². The Labute approximate surface area is 171 Å². The first kappa shape index (κ1) is 19.5. The third-order valence-corrected chi connectivity index (χ3v) is 5.94. The van der Waals surface area contributed by atoms with Gasteiger partial charge in [-0.1, -0.05) is 24.3 Å². The maximum Gasteiger partial charge on any atom is 0.326 e. The van der Waals surface area contributed by atoms with Gasteiger partial charge in [-0.2, -0.15) is 0 Å². The van der Waals surface area contributed by atoms with E-state index in [-0.39, 0.29) is 15.8 Å². The van der Waals surface area contributed by atoms with Crippen LogP contribution in [0.1, 0.15) is 0 Å². The molecule has 0 aliphatic carbocycles. The fourth-order valence-electron chi connectivity index (χ4n) is 3.06. The fraction of sp³-hybridized carbons (Fsp3) is 0.0476. The molecule has 3 aromatic carbocycles. The Hall–Kier alpha value is -3.85. The Balaban J connectivity index is 1.62. The van der Waals surface area contributed by atoms with E-state index in [0.29, 0.717) is 5.69 Å². The summed E-state index contributed by atoms with van der Waals surface area (Å²) in [5.74, 6) is 0.727. The zero-order chi connectivity index (χ0) is 21.3. The van der Waals surface area contributed by atoms with Crippen LogP contribution in [0.15, 0.2) is 81.2 Å². The van der Waals surface area contributed by atoms with Crippen molar-refractivity contribution in [2.75, 3.05) is 11.8 Å². The molecule has 9 heteroatoms. The van der Waals surface area contributed by atoms with Gasteiger partial charge in [0.25, 0.3) is 15.6 Å². The normalized spacial score (nSPS) is 11.4. The molecule has 0 amide bonds. The molecule has 0 fully saturated rings. The second-order valence-electron chi connectivity index (χ2n) is 6.53. The van der Waals surface area contributed by atoms with Crippen molar-refractivity contribution in [1.82, 2.24) is 9.97 Å². The number of rotatable bonds is 5. The van der Waals surface area contributed by atoms with Crippen LogP contribution in [0.2, 0.25) is 0 Å². The van der Waals surface area contributed by atoms with Crippen molar-refractivity contribution < 1.29 is 13.2 Å². The third kappa shape index (κ3) is 3.83. The lowest BCUT2D eigenvalue weighted by Crippen LogP contribution is -2.22. The average molecular weight is 423 g/mol. The van der Waals surface area contributed by atoms with Gasteiger partial charge in [-0.25, -0.2) is 13.2 Å². The van der Waals surface area contributed by atoms with Crippen LogP contribution < -0.4 is 20.7 Å². The second kappa shape index (κ2) is 7.53. The molecule has 0 aliphatic rings. The molecule has 4 aromatic rings. The lowest BCUT2D eigenvalue weighted by atomic mass is 10.1. The van der Waals surface area contributed by atoms with Crippen LogP contribution in [-0.4, -0.2) is 25.5 Å². The largest absolute Gasteiger partial charge is 0.497 e. The van der Waals surface area contributed by atoms with Crippen LogP contribution in [0.5, 0.6) is 5.75 Å². The van der Waals surface area contributed by atoms with E-state index < -0.39 is 21.3 Å². The number of nitrogens with one attached hydrogen (secondary N) is 3. The smallest absolute Gasteiger partial charge is 0.326 e. The van der Waals surface area contributed by atoms with Crippen LogP contribution >= 0.6 is 0 Å². The van der Waals surface area contributed by atoms with Crippen LogP contribution in [-0.2, 0) is 10.0 Å². The van der Waals surface area contributed by atoms with Gasteiger partial charge in [0.2, 0.25) is 0 Å². The van der Waals surface area contributed by atoms with Gasteiger partial charge in [0, 0.05) is 5.69 Å². The molecular weight excluding hydrogens is 406 g/mol. The number of benzene rings is 3. The van der Waals surface area contributed by atoms with Gasteiger partial charge in [0.05, 0.1) is 22.9 Å². The molecule has 30 heavy (non-hydrogen) atoms. The highest BCUT2D eigenvalue weighted by Gasteiger charge is 2.16. The van der Waals surface area contributed by atoms with Gasteiger partial charge in [-0.05, 0) is 53.6 Å². The summed E-state index contributed by atoms with van der Waals surface area (Å²) < 4.78 is 33.2. The van der Waals surface area contributed by atoms with Crippen LogP contribution in [0, 0.1) is 0 Å². The maximum absolute atomic E-state index is 12.8. The number of fused-ring (bicyclic) bond motifs is 1. The molecule has 152 valence electrons. The van der Waals surface area contributed by atoms with Crippen molar-refractivity contribution in [2.45, 2.75) is 4.90 Å². The first-order chi connectivity index (χ1) is 14.4. The van der Waals surface area contributed by atoms with Crippen LogP contribution in [0.25, 0.3) is 22.0 Å². The molecule has 1 heterocycles. The highest BCUT2D eigenvalue weighted by Crippen LogP contribution is 2.26. The predicted molar refractivity (Wildman–Crippen MR) is 114 cm³/mol. The fourth-order valence-corrected chi connectivity index (χ4v) is 4.14. The number of H-pyrrole nitrogens is 2. The van der Waals surface area contributed by atoms with Gasteiger partial charge in [0.15, 0.2) is 0 Å². The van der Waals surface area contributed by atoms with Crippen LogP contribution in [0.4, 0.5) is 5.69 Å². The van der Waals surface area contributed by atoms with Crippen molar-refractivity contribution in [2.24, 2.45) is 0 Å². The van der Waals surface area contributed by atoms with Crippen molar-refractivity contribution >= 4 is 26.6 Å². The molecule has 0 bridgehead atoms. The molecule has 1 aromatic heterocycles. The van der Waals surface area contributed by atoms with E-state index in [4.69, 9.17) is 4.74 Å². The van der Waals surface area contributed by atoms with E-state index in [1.54, 1.807) is 31.4 Å². The minimum absolute atomic E-state index is 0.0749. The topological polar surface area (TPSA) is 121 Å². The summed E-state index contributed by atoms with van der Waals surface area (Å²) in [7, 11) is -2.34. The summed E-state index contributed by atoms with van der Waals surface area (Å²) in [4.78, 5) is 27.7. The van der Waals surface area contributed by atoms with Gasteiger partial charge in [-0.3, -0.25) is 14.5 Å². The van der Waals surface area contributed by atoms with E-state index in [0.717, 1.165) is 16.9 Å². The number of aromatic amines is 2. The first-order valence-electron chi connectivity index (χ1n) is 8.89. The summed E-state index contributed by atoms with van der Waals surface area (Å²) in [5.41, 5.74) is 1.15. The predicted octanol–water partition coefficient (Wildman–Crippen LogP) is 2.69. The molecule has 4 rings (SSSR count). The van der Waals surface area contributed by atoms with Gasteiger partial charge < -0.3 is 9.72 Å². The number of methoxy groups -OCH3 is 1. The standard InChI is InChI=1S/C21H17N3O5S/c1-29-16-4-2-3-14(11-16)13-5-7-15(8-6-13)24-30(27,28)17-9-10-19-18(12-17)20(25)23-21(26)22-19/h2-12,24H,1H3,(H2,22,23,25,26). The summed E-state index contributed by atoms with van der Waals surface area (Å²) in [6.07, 6.45) is 0. The van der Waals surface area contributed by atoms with E-state index in [1.165, 1.54) is 18.2 Å². The zero-order valence-corrected chi connectivity index (χ0v) is 16.6. The Bertz CT molecular complexity index is 1450. The SMILES string of the molecule is COc1cccc(-c2ccc(NS(=O)(=O)c3ccc4[nH]c(=O)[nH]c(=O)c4c3)cc2)c1. The maximum atomic E-state index is 12.8. The number of sulfonamides is 1. The van der Waals surface area contributed by atoms with Gasteiger partial charge >= 0.3 is 5.69 Å². The molecular formula is C21H17N3O5S. The second-order valence-corrected chi connectivity index (χ2v) is 8.21. The van der Waals surface area contributed by atoms with Gasteiger partial charge in [-0.15, -0.1) is 0 Å². The van der Waals surface area contributed by atoms with E-state index in [9.17, 15) is 18.0 Å². The molecule has 0 atom stereocenters. The quantitative estimate of drug-likeness (QED) is 0.456. The molecule has 0 radical (unpaired) electrons. The monoisotopic (exact) mass is 423 g/mol. The minimum Gasteiger partial charge on any atom is -0.497 e. The number of aromatic nitrogens is 2. The molecule has 8 nitrogen and oxygen atoms in total. The zero-order valence-electron chi connectivity index (χ0n) is 15.8. The minimum atomic E-state index is -3.93. The molecule has 0 aliphatic heterocycles. The Morgan fingerprint density at radius 3 is 2.37 bits per heavy atom. The third-order valence-electron chi connectivity index (χ3n) is 4.56. The van der Waals surface area contributed by atoms with Crippen molar-refractivity contribution in [1.29, 1.82) is 0 Å². The highest BCUT2D eigenvalue weighted by atomic mass is 32.2. The summed E-state index contributed by atoms with van der Waals surface area (Å²) in [6, 6.07) is 18.3. The summed E-state index contributed by atoms with van der Waals surface area (Å²) in [5, 5.41) is 0.0749. The van der Waals surface area contributed by atoms with Crippen molar-refractivity contribution in [3.63, 3.8) is 0 Å². The Morgan fingerprint density at radius 1 is 0.867 bits per heavy atom. The molecule has 0 unspecified atom stereocenters. The average Bonchev–Trinajstić information content (AvgIpc) is 2.73. The lowest BCUT2D eigenvalue weighted by Gasteiger charge is -2.10. The number of hydrogen-bond donors (Lipinski definition) is 3. The molecule has 0 saturated heterocycles. The molecule has 0 spiro atoms. The van der Waals surface area contributed by atoms with Crippen molar-refractivity contribution in [3.05, 3.63) is 87.6 Å². The van der Waals surface area contributed by atoms with Gasteiger partial charge in [0.1, 0.15) is 5.75 Å². The molecule has 3 N–H and O–H groups in total. The van der Waals surface area contributed by atoms with Crippen molar-refractivity contribution in [3.8, 4) is 16.9 Å². The Morgan fingerprint density at radius 2 is 1.63 bits per heavy atom. The Kier molecular flexibility index (Phi) is 4.88. The first-order valence-corrected chi connectivity index (χ1v) is 10.4. The lowest BCUT2D eigenvalue weighted by molar-refractivity contribution is 0.415. The van der Waals surface area contributed by atoms with E-state index in [1.807, 2.05) is 24.3 Å². The van der Waals surface area contributed by atoms with Crippen LogP contribution in [0.3, 0.4) is 0 Å². The highest BCUT2D eigenvalue weighted by molar-refractivity contribution is 7.92. The number of anilines is 1.